The molecule has 2 nitrogen and oxygen atoms in total. The Morgan fingerprint density at radius 2 is 1.72 bits per heavy atom. The van der Waals surface area contributed by atoms with Gasteiger partial charge in [-0.05, 0) is 35.7 Å². The first-order valence-electron chi connectivity index (χ1n) is 7.81. The second-order valence-electron chi connectivity index (χ2n) is 5.73. The third-order valence-electron chi connectivity index (χ3n) is 3.85. The van der Waals surface area contributed by atoms with Gasteiger partial charge in [-0.1, -0.05) is 36.4 Å². The molecule has 1 aromatic heterocycles. The maximum absolute atomic E-state index is 12.5. The number of nitrogens with one attached hydrogen (secondary N) is 1. The smallest absolute Gasteiger partial charge is 0.306 e. The van der Waals surface area contributed by atoms with Gasteiger partial charge in [0, 0.05) is 19.3 Å². The number of benzene rings is 2. The summed E-state index contributed by atoms with van der Waals surface area (Å²) in [5.41, 5.74) is 2.56. The van der Waals surface area contributed by atoms with Gasteiger partial charge in [0.05, 0.1) is 10.4 Å². The Hall–Kier alpha value is -2.18. The van der Waals surface area contributed by atoms with Gasteiger partial charge in [-0.3, -0.25) is 0 Å². The van der Waals surface area contributed by atoms with Gasteiger partial charge in [0.2, 0.25) is 0 Å². The Morgan fingerprint density at radius 1 is 1.00 bits per heavy atom. The van der Waals surface area contributed by atoms with E-state index in [1.807, 2.05) is 18.3 Å². The zero-order valence-electron chi connectivity index (χ0n) is 13.6. The van der Waals surface area contributed by atoms with Gasteiger partial charge in [0.25, 0.3) is 0 Å². The quantitative estimate of drug-likeness (QED) is 0.655. The molecule has 1 N–H and O–H groups in total. The van der Waals surface area contributed by atoms with E-state index < -0.39 is 11.7 Å². The average molecular weight is 362 g/mol. The van der Waals surface area contributed by atoms with Gasteiger partial charge in [-0.15, -0.1) is 11.3 Å². The Bertz CT molecular complexity index is 838. The van der Waals surface area contributed by atoms with Crippen molar-refractivity contribution in [1.82, 2.24) is 10.3 Å². The van der Waals surface area contributed by atoms with Crippen LogP contribution in [0, 0.1) is 6.92 Å². The van der Waals surface area contributed by atoms with Crippen molar-refractivity contribution in [3.8, 4) is 10.4 Å². The molecule has 1 heterocycles. The standard InChI is InChI=1S/C19H17F3N2S/c1-13-4-2-3-5-16(13)17-11-24-18(25-17)12-23-10-14-6-8-15(9-7-14)19(20,21)22/h2-9,11,23H,10,12H2,1H3. The van der Waals surface area contributed by atoms with Crippen LogP contribution in [0.2, 0.25) is 0 Å². The molecule has 6 heteroatoms. The van der Waals surface area contributed by atoms with Crippen molar-refractivity contribution in [2.45, 2.75) is 26.2 Å². The van der Waals surface area contributed by atoms with Crippen LogP contribution in [-0.4, -0.2) is 4.98 Å². The predicted molar refractivity (Wildman–Crippen MR) is 94.3 cm³/mol. The fourth-order valence-corrected chi connectivity index (χ4v) is 3.47. The van der Waals surface area contributed by atoms with E-state index >= 15 is 0 Å². The lowest BCUT2D eigenvalue weighted by atomic mass is 10.1. The van der Waals surface area contributed by atoms with Gasteiger partial charge in [-0.2, -0.15) is 13.2 Å². The van der Waals surface area contributed by atoms with Crippen LogP contribution in [-0.2, 0) is 19.3 Å². The van der Waals surface area contributed by atoms with E-state index in [1.165, 1.54) is 23.3 Å². The Kier molecular flexibility index (Phi) is 5.20. The third-order valence-corrected chi connectivity index (χ3v) is 4.88. The van der Waals surface area contributed by atoms with Crippen molar-refractivity contribution in [1.29, 1.82) is 0 Å². The third kappa shape index (κ3) is 4.46. The zero-order valence-corrected chi connectivity index (χ0v) is 14.4. The van der Waals surface area contributed by atoms with Gasteiger partial charge in [0.15, 0.2) is 0 Å². The van der Waals surface area contributed by atoms with Crippen molar-refractivity contribution >= 4 is 11.3 Å². The molecule has 130 valence electrons. The largest absolute Gasteiger partial charge is 0.416 e. The molecule has 0 aliphatic heterocycles. The molecule has 0 amide bonds. The van der Waals surface area contributed by atoms with Crippen molar-refractivity contribution in [2.24, 2.45) is 0 Å². The summed E-state index contributed by atoms with van der Waals surface area (Å²) < 4.78 is 37.6. The summed E-state index contributed by atoms with van der Waals surface area (Å²) in [6.07, 6.45) is -2.43. The number of aryl methyl sites for hydroxylation is 1. The molecule has 0 fully saturated rings. The SMILES string of the molecule is Cc1ccccc1-c1cnc(CNCc2ccc(C(F)(F)F)cc2)s1. The minimum Gasteiger partial charge on any atom is -0.306 e. The highest BCUT2D eigenvalue weighted by atomic mass is 32.1. The second-order valence-corrected chi connectivity index (χ2v) is 6.85. The van der Waals surface area contributed by atoms with Gasteiger partial charge in [0.1, 0.15) is 5.01 Å². The number of thiazole rings is 1. The van der Waals surface area contributed by atoms with Crippen LogP contribution in [0.5, 0.6) is 0 Å². The molecule has 0 aliphatic rings. The molecule has 3 rings (SSSR count). The molecule has 0 saturated heterocycles. The number of nitrogens with zero attached hydrogens (tertiary/aromatic N) is 1. The fourth-order valence-electron chi connectivity index (χ4n) is 2.49. The minimum absolute atomic E-state index is 0.497. The lowest BCUT2D eigenvalue weighted by Crippen LogP contribution is -2.12. The van der Waals surface area contributed by atoms with Crippen LogP contribution in [0.15, 0.2) is 54.7 Å². The molecule has 0 saturated carbocycles. The van der Waals surface area contributed by atoms with Crippen molar-refractivity contribution < 1.29 is 13.2 Å². The number of halogens is 3. The van der Waals surface area contributed by atoms with E-state index in [0.717, 1.165) is 27.6 Å². The van der Waals surface area contributed by atoms with Gasteiger partial charge in [-0.25, -0.2) is 4.98 Å². The zero-order chi connectivity index (χ0) is 17.9. The van der Waals surface area contributed by atoms with Gasteiger partial charge >= 0.3 is 6.18 Å². The Labute approximate surface area is 148 Å². The number of alkyl halides is 3. The number of hydrogen-bond donors (Lipinski definition) is 1. The summed E-state index contributed by atoms with van der Waals surface area (Å²) in [6.45, 7) is 3.15. The van der Waals surface area contributed by atoms with Crippen LogP contribution in [0.1, 0.15) is 21.7 Å². The minimum atomic E-state index is -4.29. The summed E-state index contributed by atoms with van der Waals surface area (Å²) in [4.78, 5) is 5.53. The van der Waals surface area contributed by atoms with Crippen LogP contribution >= 0.6 is 11.3 Å². The maximum Gasteiger partial charge on any atom is 0.416 e. The van der Waals surface area contributed by atoms with Crippen LogP contribution in [0.4, 0.5) is 13.2 Å². The molecule has 0 spiro atoms. The number of aromatic nitrogens is 1. The number of hydrogen-bond acceptors (Lipinski definition) is 3. The lowest BCUT2D eigenvalue weighted by molar-refractivity contribution is -0.137. The monoisotopic (exact) mass is 362 g/mol. The second kappa shape index (κ2) is 7.37. The molecule has 0 unspecified atom stereocenters. The van der Waals surface area contributed by atoms with Crippen LogP contribution in [0.3, 0.4) is 0 Å². The molecule has 2 aromatic carbocycles. The first-order valence-corrected chi connectivity index (χ1v) is 8.63. The van der Waals surface area contributed by atoms with E-state index in [2.05, 4.69) is 29.4 Å². The normalized spacial score (nSPS) is 11.7. The maximum atomic E-state index is 12.5. The molecular formula is C19H17F3N2S. The lowest BCUT2D eigenvalue weighted by Gasteiger charge is -2.08. The Morgan fingerprint density at radius 3 is 2.40 bits per heavy atom. The van der Waals surface area contributed by atoms with Crippen molar-refractivity contribution in [2.75, 3.05) is 0 Å². The highest BCUT2D eigenvalue weighted by molar-refractivity contribution is 7.15. The molecule has 0 bridgehead atoms. The van der Waals surface area contributed by atoms with E-state index in [1.54, 1.807) is 11.3 Å². The molecule has 0 radical (unpaired) electrons. The van der Waals surface area contributed by atoms with Crippen molar-refractivity contribution in [3.05, 3.63) is 76.4 Å². The summed E-state index contributed by atoms with van der Waals surface area (Å²) in [5, 5.41) is 4.17. The Balaban J connectivity index is 1.57. The summed E-state index contributed by atoms with van der Waals surface area (Å²) in [7, 11) is 0. The van der Waals surface area contributed by atoms with Crippen molar-refractivity contribution in [3.63, 3.8) is 0 Å². The first-order chi connectivity index (χ1) is 11.9. The van der Waals surface area contributed by atoms with Crippen LogP contribution < -0.4 is 5.32 Å². The van der Waals surface area contributed by atoms with Gasteiger partial charge < -0.3 is 5.32 Å². The predicted octanol–water partition coefficient (Wildman–Crippen LogP) is 5.43. The highest BCUT2D eigenvalue weighted by Gasteiger charge is 2.29. The molecule has 3 aromatic rings. The molecule has 0 atom stereocenters. The average Bonchev–Trinajstić information content (AvgIpc) is 3.03. The molecule has 0 aliphatic carbocycles. The molecule has 25 heavy (non-hydrogen) atoms. The summed E-state index contributed by atoms with van der Waals surface area (Å²) in [6, 6.07) is 13.4. The van der Waals surface area contributed by atoms with E-state index in [9.17, 15) is 13.2 Å². The first kappa shape index (κ1) is 17.6. The van der Waals surface area contributed by atoms with E-state index in [-0.39, 0.29) is 0 Å². The molecular weight excluding hydrogens is 345 g/mol. The van der Waals surface area contributed by atoms with Crippen LogP contribution in [0.25, 0.3) is 10.4 Å². The summed E-state index contributed by atoms with van der Waals surface area (Å²) in [5.74, 6) is 0. The van der Waals surface area contributed by atoms with E-state index in [4.69, 9.17) is 0 Å². The van der Waals surface area contributed by atoms with E-state index in [0.29, 0.717) is 13.1 Å². The number of rotatable bonds is 5. The topological polar surface area (TPSA) is 24.9 Å². The fraction of sp³-hybridized carbons (Fsp3) is 0.211. The highest BCUT2D eigenvalue weighted by Crippen LogP contribution is 2.30. The summed E-state index contributed by atoms with van der Waals surface area (Å²) >= 11 is 1.62.